The molecule has 2 aliphatic rings. The highest BCUT2D eigenvalue weighted by molar-refractivity contribution is 5.78. The van der Waals surface area contributed by atoms with Gasteiger partial charge in [-0.05, 0) is 37.6 Å². The van der Waals surface area contributed by atoms with Gasteiger partial charge in [0.15, 0.2) is 0 Å². The number of carbonyl (C=O) groups excluding carboxylic acids is 1. The van der Waals surface area contributed by atoms with Crippen LogP contribution in [-0.2, 0) is 4.79 Å². The zero-order valence-corrected chi connectivity index (χ0v) is 9.43. The molecule has 3 nitrogen and oxygen atoms in total. The highest BCUT2D eigenvalue weighted by atomic mass is 16.1. The molecule has 2 rings (SSSR count). The van der Waals surface area contributed by atoms with Crippen LogP contribution in [0.25, 0.3) is 0 Å². The first-order chi connectivity index (χ1) is 7.26. The Hall–Kier alpha value is -0.570. The summed E-state index contributed by atoms with van der Waals surface area (Å²) in [5.41, 5.74) is 5.95. The summed E-state index contributed by atoms with van der Waals surface area (Å²) in [5.74, 6) is 0.557. The van der Waals surface area contributed by atoms with E-state index in [0.717, 1.165) is 25.9 Å². The Morgan fingerprint density at radius 2 is 1.93 bits per heavy atom. The molecule has 0 bridgehead atoms. The fourth-order valence-electron chi connectivity index (χ4n) is 2.41. The maximum Gasteiger partial charge on any atom is 0.223 e. The molecule has 1 amide bonds. The molecule has 2 saturated carbocycles. The third-order valence-electron chi connectivity index (χ3n) is 4.00. The monoisotopic (exact) mass is 210 g/mol. The van der Waals surface area contributed by atoms with Gasteiger partial charge in [0.1, 0.15) is 0 Å². The standard InChI is InChI=1S/C12H22N2O/c13-8-12(6-7-12)9-14-11(15)10-4-2-1-3-5-10/h10H,1-9,13H2,(H,14,15). The van der Waals surface area contributed by atoms with E-state index in [1.54, 1.807) is 0 Å². The zero-order valence-electron chi connectivity index (χ0n) is 9.43. The van der Waals surface area contributed by atoms with Gasteiger partial charge in [0, 0.05) is 12.5 Å². The number of nitrogens with two attached hydrogens (primary N) is 1. The van der Waals surface area contributed by atoms with Gasteiger partial charge in [-0.25, -0.2) is 0 Å². The molecule has 0 aliphatic heterocycles. The van der Waals surface area contributed by atoms with Gasteiger partial charge in [-0.2, -0.15) is 0 Å². The molecule has 3 N–H and O–H groups in total. The average molecular weight is 210 g/mol. The summed E-state index contributed by atoms with van der Waals surface area (Å²) in [6, 6.07) is 0. The maximum absolute atomic E-state index is 11.8. The van der Waals surface area contributed by atoms with Gasteiger partial charge in [0.25, 0.3) is 0 Å². The van der Waals surface area contributed by atoms with E-state index in [1.165, 1.54) is 32.1 Å². The van der Waals surface area contributed by atoms with Crippen LogP contribution in [0.4, 0.5) is 0 Å². The average Bonchev–Trinajstić information content (AvgIpc) is 3.08. The summed E-state index contributed by atoms with van der Waals surface area (Å²) < 4.78 is 0. The van der Waals surface area contributed by atoms with Crippen molar-refractivity contribution in [2.45, 2.75) is 44.9 Å². The van der Waals surface area contributed by atoms with Crippen molar-refractivity contribution in [3.8, 4) is 0 Å². The lowest BCUT2D eigenvalue weighted by atomic mass is 9.88. The van der Waals surface area contributed by atoms with E-state index in [9.17, 15) is 4.79 Å². The van der Waals surface area contributed by atoms with Crippen LogP contribution >= 0.6 is 0 Å². The molecule has 15 heavy (non-hydrogen) atoms. The predicted octanol–water partition coefficient (Wildman–Crippen LogP) is 1.42. The van der Waals surface area contributed by atoms with Gasteiger partial charge in [0.05, 0.1) is 0 Å². The summed E-state index contributed by atoms with van der Waals surface area (Å²) in [6.45, 7) is 1.52. The first kappa shape index (κ1) is 10.9. The van der Waals surface area contributed by atoms with E-state index in [1.807, 2.05) is 0 Å². The molecule has 0 saturated heterocycles. The van der Waals surface area contributed by atoms with Crippen molar-refractivity contribution in [1.29, 1.82) is 0 Å². The largest absolute Gasteiger partial charge is 0.355 e. The van der Waals surface area contributed by atoms with E-state index in [-0.39, 0.29) is 17.2 Å². The van der Waals surface area contributed by atoms with Crippen LogP contribution in [0.3, 0.4) is 0 Å². The first-order valence-corrected chi connectivity index (χ1v) is 6.24. The van der Waals surface area contributed by atoms with Crippen molar-refractivity contribution < 1.29 is 4.79 Å². The second-order valence-electron chi connectivity index (χ2n) is 5.26. The highest BCUT2D eigenvalue weighted by Gasteiger charge is 2.41. The smallest absolute Gasteiger partial charge is 0.223 e. The van der Waals surface area contributed by atoms with Crippen LogP contribution in [-0.4, -0.2) is 19.0 Å². The number of amides is 1. The fourth-order valence-corrected chi connectivity index (χ4v) is 2.41. The van der Waals surface area contributed by atoms with Crippen LogP contribution in [0.5, 0.6) is 0 Å². The van der Waals surface area contributed by atoms with E-state index < -0.39 is 0 Å². The van der Waals surface area contributed by atoms with Crippen LogP contribution in [0.1, 0.15) is 44.9 Å². The molecular formula is C12H22N2O. The van der Waals surface area contributed by atoms with Crippen molar-refractivity contribution in [3.63, 3.8) is 0 Å². The second-order valence-corrected chi connectivity index (χ2v) is 5.26. The van der Waals surface area contributed by atoms with Gasteiger partial charge in [-0.1, -0.05) is 19.3 Å². The SMILES string of the molecule is NCC1(CNC(=O)C2CCCCC2)CC1. The number of hydrogen-bond acceptors (Lipinski definition) is 2. The van der Waals surface area contributed by atoms with E-state index in [2.05, 4.69) is 5.32 Å². The molecular weight excluding hydrogens is 188 g/mol. The van der Waals surface area contributed by atoms with Crippen molar-refractivity contribution in [3.05, 3.63) is 0 Å². The second kappa shape index (κ2) is 4.52. The Labute approximate surface area is 91.8 Å². The molecule has 86 valence electrons. The zero-order chi connectivity index (χ0) is 10.7. The summed E-state index contributed by atoms with van der Waals surface area (Å²) in [6.07, 6.45) is 8.29. The fraction of sp³-hybridized carbons (Fsp3) is 0.917. The summed E-state index contributed by atoms with van der Waals surface area (Å²) in [7, 11) is 0. The lowest BCUT2D eigenvalue weighted by Gasteiger charge is -2.22. The van der Waals surface area contributed by atoms with Crippen molar-refractivity contribution in [2.24, 2.45) is 17.1 Å². The molecule has 0 unspecified atom stereocenters. The van der Waals surface area contributed by atoms with Crippen LogP contribution < -0.4 is 11.1 Å². The van der Waals surface area contributed by atoms with Crippen LogP contribution in [0.2, 0.25) is 0 Å². The van der Waals surface area contributed by atoms with Crippen molar-refractivity contribution in [2.75, 3.05) is 13.1 Å². The Morgan fingerprint density at radius 1 is 1.27 bits per heavy atom. The van der Waals surface area contributed by atoms with Crippen LogP contribution in [0.15, 0.2) is 0 Å². The van der Waals surface area contributed by atoms with E-state index >= 15 is 0 Å². The van der Waals surface area contributed by atoms with Gasteiger partial charge in [-0.3, -0.25) is 4.79 Å². The summed E-state index contributed by atoms with van der Waals surface area (Å²) in [5, 5.41) is 3.09. The molecule has 0 aromatic carbocycles. The molecule has 2 fully saturated rings. The highest BCUT2D eigenvalue weighted by Crippen LogP contribution is 2.43. The van der Waals surface area contributed by atoms with Gasteiger partial charge in [-0.15, -0.1) is 0 Å². The molecule has 3 heteroatoms. The molecule has 2 aliphatic carbocycles. The Balaban J connectivity index is 1.72. The predicted molar refractivity (Wildman–Crippen MR) is 60.3 cm³/mol. The number of rotatable bonds is 4. The number of carbonyl (C=O) groups is 1. The van der Waals surface area contributed by atoms with Gasteiger partial charge in [0.2, 0.25) is 5.91 Å². The Kier molecular flexibility index (Phi) is 3.29. The first-order valence-electron chi connectivity index (χ1n) is 6.24. The molecule has 0 spiro atoms. The van der Waals surface area contributed by atoms with Crippen molar-refractivity contribution in [1.82, 2.24) is 5.32 Å². The van der Waals surface area contributed by atoms with E-state index in [4.69, 9.17) is 5.73 Å². The molecule has 0 heterocycles. The normalized spacial score (nSPS) is 24.9. The molecule has 0 atom stereocenters. The minimum atomic E-state index is 0.268. The summed E-state index contributed by atoms with van der Waals surface area (Å²) in [4.78, 5) is 11.8. The number of hydrogen-bond donors (Lipinski definition) is 2. The van der Waals surface area contributed by atoms with Gasteiger partial charge < -0.3 is 11.1 Å². The molecule has 0 aromatic heterocycles. The molecule has 0 aromatic rings. The minimum absolute atomic E-state index is 0.268. The minimum Gasteiger partial charge on any atom is -0.355 e. The third-order valence-corrected chi connectivity index (χ3v) is 4.00. The lowest BCUT2D eigenvalue weighted by Crippen LogP contribution is -2.38. The summed E-state index contributed by atoms with van der Waals surface area (Å²) >= 11 is 0. The van der Waals surface area contributed by atoms with E-state index in [0.29, 0.717) is 0 Å². The third kappa shape index (κ3) is 2.71. The molecule has 0 radical (unpaired) electrons. The Bertz CT molecular complexity index is 230. The Morgan fingerprint density at radius 3 is 2.47 bits per heavy atom. The van der Waals surface area contributed by atoms with Crippen molar-refractivity contribution >= 4 is 5.91 Å². The van der Waals surface area contributed by atoms with Gasteiger partial charge >= 0.3 is 0 Å². The topological polar surface area (TPSA) is 55.1 Å². The maximum atomic E-state index is 11.8. The lowest BCUT2D eigenvalue weighted by molar-refractivity contribution is -0.126. The van der Waals surface area contributed by atoms with Crippen LogP contribution in [0, 0.1) is 11.3 Å². The quantitative estimate of drug-likeness (QED) is 0.737. The number of nitrogens with one attached hydrogen (secondary N) is 1.